The highest BCUT2D eigenvalue weighted by Crippen LogP contribution is 2.32. The molecule has 0 spiro atoms. The van der Waals surface area contributed by atoms with Gasteiger partial charge in [0.15, 0.2) is 0 Å². The van der Waals surface area contributed by atoms with E-state index < -0.39 is 10.0 Å². The van der Waals surface area contributed by atoms with Gasteiger partial charge >= 0.3 is 0 Å². The average molecular weight is 347 g/mol. The van der Waals surface area contributed by atoms with Crippen molar-refractivity contribution in [3.63, 3.8) is 0 Å². The third-order valence-corrected chi connectivity index (χ3v) is 5.88. The molecule has 1 saturated carbocycles. The van der Waals surface area contributed by atoms with Gasteiger partial charge in [-0.15, -0.1) is 0 Å². The Hall–Kier alpha value is -0.430. The van der Waals surface area contributed by atoms with E-state index in [0.29, 0.717) is 17.4 Å². The Morgan fingerprint density at radius 1 is 1.42 bits per heavy atom. The van der Waals surface area contributed by atoms with Gasteiger partial charge in [-0.05, 0) is 49.6 Å². The summed E-state index contributed by atoms with van der Waals surface area (Å²) in [6.45, 7) is 4.51. The minimum atomic E-state index is -3.43. The number of hydrogen-bond acceptors (Lipinski definition) is 3. The molecule has 1 aliphatic carbocycles. The van der Waals surface area contributed by atoms with Crippen LogP contribution in [-0.4, -0.2) is 21.5 Å². The maximum atomic E-state index is 12.4. The lowest BCUT2D eigenvalue weighted by atomic mass is 10.1. The van der Waals surface area contributed by atoms with Crippen LogP contribution >= 0.6 is 15.9 Å². The van der Waals surface area contributed by atoms with Crippen LogP contribution in [0.5, 0.6) is 0 Å². The minimum absolute atomic E-state index is 0.0936. The molecule has 1 fully saturated rings. The molecule has 2 unspecified atom stereocenters. The van der Waals surface area contributed by atoms with Crippen molar-refractivity contribution in [1.82, 2.24) is 10.0 Å². The van der Waals surface area contributed by atoms with Crippen LogP contribution in [0, 0.1) is 12.8 Å². The first-order valence-electron chi connectivity index (χ1n) is 6.31. The normalized spacial score (nSPS) is 22.5. The van der Waals surface area contributed by atoms with Gasteiger partial charge in [0.2, 0.25) is 10.0 Å². The van der Waals surface area contributed by atoms with Gasteiger partial charge in [-0.3, -0.25) is 0 Å². The molecule has 1 aliphatic rings. The molecule has 0 saturated heterocycles. The Labute approximate surface area is 123 Å². The van der Waals surface area contributed by atoms with Gasteiger partial charge in [0.25, 0.3) is 0 Å². The fourth-order valence-electron chi connectivity index (χ4n) is 2.04. The molecule has 2 N–H and O–H groups in total. The number of rotatable bonds is 5. The molecule has 0 heterocycles. The standard InChI is InChI=1S/C13H19BrN2O2S/c1-8-4-12(8)16-19(17,18)13-6-10(7-15-3)5-11(14)9(13)2/h5-6,8,12,15-16H,4,7H2,1-3H3. The van der Waals surface area contributed by atoms with E-state index in [4.69, 9.17) is 0 Å². The summed E-state index contributed by atoms with van der Waals surface area (Å²) in [5.74, 6) is 0.444. The number of benzene rings is 1. The molecule has 1 aromatic rings. The Morgan fingerprint density at radius 3 is 2.58 bits per heavy atom. The smallest absolute Gasteiger partial charge is 0.241 e. The number of hydrogen-bond donors (Lipinski definition) is 2. The number of sulfonamides is 1. The predicted molar refractivity (Wildman–Crippen MR) is 79.5 cm³/mol. The molecule has 106 valence electrons. The van der Waals surface area contributed by atoms with E-state index >= 15 is 0 Å². The SMILES string of the molecule is CNCc1cc(Br)c(C)c(S(=O)(=O)NC2CC2C)c1. The maximum Gasteiger partial charge on any atom is 0.241 e. The second-order valence-electron chi connectivity index (χ2n) is 5.17. The molecular weight excluding hydrogens is 328 g/mol. The Morgan fingerprint density at radius 2 is 2.05 bits per heavy atom. The monoisotopic (exact) mass is 346 g/mol. The summed E-state index contributed by atoms with van der Waals surface area (Å²) in [6.07, 6.45) is 0.926. The van der Waals surface area contributed by atoms with Crippen LogP contribution in [0.1, 0.15) is 24.5 Å². The maximum absolute atomic E-state index is 12.4. The van der Waals surface area contributed by atoms with Crippen LogP contribution in [-0.2, 0) is 16.6 Å². The van der Waals surface area contributed by atoms with Crippen molar-refractivity contribution in [2.45, 2.75) is 37.8 Å². The van der Waals surface area contributed by atoms with Crippen LogP contribution in [0.2, 0.25) is 0 Å². The highest BCUT2D eigenvalue weighted by molar-refractivity contribution is 9.10. The van der Waals surface area contributed by atoms with Crippen LogP contribution in [0.4, 0.5) is 0 Å². The summed E-state index contributed by atoms with van der Waals surface area (Å²) in [5.41, 5.74) is 1.70. The third-order valence-electron chi connectivity index (χ3n) is 3.44. The lowest BCUT2D eigenvalue weighted by Gasteiger charge is -2.12. The Balaban J connectivity index is 2.36. The molecule has 1 aromatic carbocycles. The molecule has 2 atom stereocenters. The van der Waals surface area contributed by atoms with Gasteiger partial charge in [-0.2, -0.15) is 0 Å². The summed E-state index contributed by atoms with van der Waals surface area (Å²) < 4.78 is 28.4. The van der Waals surface area contributed by atoms with Gasteiger partial charge in [-0.25, -0.2) is 13.1 Å². The largest absolute Gasteiger partial charge is 0.316 e. The summed E-state index contributed by atoms with van der Waals surface area (Å²) in [7, 11) is -1.59. The van der Waals surface area contributed by atoms with Crippen LogP contribution in [0.15, 0.2) is 21.5 Å². The highest BCUT2D eigenvalue weighted by atomic mass is 79.9. The molecule has 2 rings (SSSR count). The number of halogens is 1. The van der Waals surface area contributed by atoms with Crippen molar-refractivity contribution in [3.8, 4) is 0 Å². The second-order valence-corrected chi connectivity index (χ2v) is 7.71. The van der Waals surface area contributed by atoms with Crippen molar-refractivity contribution < 1.29 is 8.42 Å². The lowest BCUT2D eigenvalue weighted by Crippen LogP contribution is -2.27. The Bertz CT molecular complexity index is 587. The van der Waals surface area contributed by atoms with Crippen LogP contribution < -0.4 is 10.0 Å². The van der Waals surface area contributed by atoms with Crippen LogP contribution in [0.3, 0.4) is 0 Å². The molecule has 4 nitrogen and oxygen atoms in total. The molecular formula is C13H19BrN2O2S. The zero-order valence-corrected chi connectivity index (χ0v) is 13.7. The van der Waals surface area contributed by atoms with Crippen molar-refractivity contribution in [3.05, 3.63) is 27.7 Å². The third kappa shape index (κ3) is 3.37. The first kappa shape index (κ1) is 15.0. The summed E-state index contributed by atoms with van der Waals surface area (Å²) in [5, 5.41) is 3.03. The van der Waals surface area contributed by atoms with Crippen molar-refractivity contribution in [2.75, 3.05) is 7.05 Å². The van der Waals surface area contributed by atoms with Gasteiger partial charge in [-0.1, -0.05) is 22.9 Å². The molecule has 0 aromatic heterocycles. The van der Waals surface area contributed by atoms with Crippen molar-refractivity contribution in [1.29, 1.82) is 0 Å². The van der Waals surface area contributed by atoms with Gasteiger partial charge in [0.1, 0.15) is 0 Å². The second kappa shape index (κ2) is 5.52. The first-order valence-corrected chi connectivity index (χ1v) is 8.58. The number of nitrogens with one attached hydrogen (secondary N) is 2. The fraction of sp³-hybridized carbons (Fsp3) is 0.538. The van der Waals surface area contributed by atoms with Crippen molar-refractivity contribution >= 4 is 26.0 Å². The van der Waals surface area contributed by atoms with E-state index in [9.17, 15) is 8.42 Å². The van der Waals surface area contributed by atoms with E-state index in [1.165, 1.54) is 0 Å². The van der Waals surface area contributed by atoms with Crippen LogP contribution in [0.25, 0.3) is 0 Å². The minimum Gasteiger partial charge on any atom is -0.316 e. The molecule has 19 heavy (non-hydrogen) atoms. The molecule has 0 bridgehead atoms. The molecule has 6 heteroatoms. The first-order chi connectivity index (χ1) is 8.85. The van der Waals surface area contributed by atoms with Crippen molar-refractivity contribution in [2.24, 2.45) is 5.92 Å². The topological polar surface area (TPSA) is 58.2 Å². The zero-order valence-electron chi connectivity index (χ0n) is 11.3. The average Bonchev–Trinajstić information content (AvgIpc) is 2.98. The van der Waals surface area contributed by atoms with Gasteiger partial charge in [0, 0.05) is 17.1 Å². The molecule has 0 aliphatic heterocycles. The van der Waals surface area contributed by atoms with E-state index in [2.05, 4.69) is 26.0 Å². The lowest BCUT2D eigenvalue weighted by molar-refractivity contribution is 0.577. The summed E-state index contributed by atoms with van der Waals surface area (Å²) >= 11 is 3.43. The predicted octanol–water partition coefficient (Wildman–Crippen LogP) is 2.16. The molecule has 0 amide bonds. The zero-order chi connectivity index (χ0) is 14.2. The fourth-order valence-corrected chi connectivity index (χ4v) is 4.35. The van der Waals surface area contributed by atoms with E-state index in [-0.39, 0.29) is 6.04 Å². The summed E-state index contributed by atoms with van der Waals surface area (Å²) in [4.78, 5) is 0.367. The Kier molecular flexibility index (Phi) is 4.35. The van der Waals surface area contributed by atoms with Gasteiger partial charge in [0.05, 0.1) is 4.90 Å². The molecule has 0 radical (unpaired) electrons. The quantitative estimate of drug-likeness (QED) is 0.858. The summed E-state index contributed by atoms with van der Waals surface area (Å²) in [6, 6.07) is 3.78. The van der Waals surface area contributed by atoms with E-state index in [1.807, 2.05) is 27.0 Å². The van der Waals surface area contributed by atoms with E-state index in [0.717, 1.165) is 22.0 Å². The highest BCUT2D eigenvalue weighted by Gasteiger charge is 2.37. The van der Waals surface area contributed by atoms with E-state index in [1.54, 1.807) is 6.07 Å². The van der Waals surface area contributed by atoms with Gasteiger partial charge < -0.3 is 5.32 Å².